The summed E-state index contributed by atoms with van der Waals surface area (Å²) in [6.45, 7) is 5.16. The summed E-state index contributed by atoms with van der Waals surface area (Å²) in [5, 5.41) is 13.2. The number of nitrogens with zero attached hydrogens (tertiary/aromatic N) is 2. The van der Waals surface area contributed by atoms with E-state index in [9.17, 15) is 19.7 Å². The Morgan fingerprint density at radius 2 is 1.83 bits per heavy atom. The molecule has 1 atom stereocenters. The van der Waals surface area contributed by atoms with Crippen molar-refractivity contribution in [3.63, 3.8) is 0 Å². The highest BCUT2D eigenvalue weighted by Crippen LogP contribution is 2.22. The molecule has 0 saturated heterocycles. The lowest BCUT2D eigenvalue weighted by Gasteiger charge is -2.22. The largest absolute Gasteiger partial charge is 0.467 e. The van der Waals surface area contributed by atoms with E-state index in [0.29, 0.717) is 5.75 Å². The van der Waals surface area contributed by atoms with E-state index >= 15 is 0 Å². The number of esters is 1. The number of amides is 1. The van der Waals surface area contributed by atoms with Crippen molar-refractivity contribution < 1.29 is 28.7 Å². The van der Waals surface area contributed by atoms with Gasteiger partial charge in [0.2, 0.25) is 5.88 Å². The maximum absolute atomic E-state index is 12.0. The lowest BCUT2D eigenvalue weighted by molar-refractivity contribution is -0.385. The number of nitro groups is 1. The fourth-order valence-electron chi connectivity index (χ4n) is 2.38. The molecular formula is C20H23N3O7. The zero-order chi connectivity index (χ0) is 22.3. The molecule has 1 unspecified atom stereocenters. The summed E-state index contributed by atoms with van der Waals surface area (Å²) in [6, 6.07) is 8.50. The molecule has 1 amide bonds. The molecule has 10 heteroatoms. The third-order valence-corrected chi connectivity index (χ3v) is 3.69. The maximum Gasteiger partial charge on any atom is 0.408 e. The second kappa shape index (κ2) is 9.68. The Balaban J connectivity index is 2.02. The van der Waals surface area contributed by atoms with Gasteiger partial charge in [0.1, 0.15) is 23.6 Å². The van der Waals surface area contributed by atoms with E-state index < -0.39 is 28.6 Å². The molecule has 0 fully saturated rings. The van der Waals surface area contributed by atoms with E-state index in [2.05, 4.69) is 10.3 Å². The van der Waals surface area contributed by atoms with Crippen LogP contribution in [0, 0.1) is 10.1 Å². The Morgan fingerprint density at radius 1 is 1.17 bits per heavy atom. The van der Waals surface area contributed by atoms with Crippen molar-refractivity contribution in [1.82, 2.24) is 10.3 Å². The smallest absolute Gasteiger partial charge is 0.408 e. The normalized spacial score (nSPS) is 11.9. The zero-order valence-electron chi connectivity index (χ0n) is 17.1. The number of alkyl carbamates (subject to hydrolysis) is 1. The molecule has 0 aliphatic rings. The van der Waals surface area contributed by atoms with Crippen molar-refractivity contribution in [3.8, 4) is 11.6 Å². The highest BCUT2D eigenvalue weighted by atomic mass is 16.6. The summed E-state index contributed by atoms with van der Waals surface area (Å²) in [5.74, 6) is 0.0541. The Labute approximate surface area is 173 Å². The SMILES string of the molecule is COC(=O)C(Cc1ccc(Oc2ccc([N+](=O)[O-])cn2)cc1)NC(=O)OC(C)(C)C. The number of benzene rings is 1. The molecule has 1 aromatic carbocycles. The van der Waals surface area contributed by atoms with E-state index in [4.69, 9.17) is 14.2 Å². The highest BCUT2D eigenvalue weighted by Gasteiger charge is 2.25. The summed E-state index contributed by atoms with van der Waals surface area (Å²) >= 11 is 0. The molecule has 1 aromatic heterocycles. The average molecular weight is 417 g/mol. The van der Waals surface area contributed by atoms with Crippen molar-refractivity contribution >= 4 is 17.7 Å². The van der Waals surface area contributed by atoms with Gasteiger partial charge < -0.3 is 19.5 Å². The van der Waals surface area contributed by atoms with Crippen molar-refractivity contribution in [1.29, 1.82) is 0 Å². The monoisotopic (exact) mass is 417 g/mol. The predicted octanol–water partition coefficient (Wildman–Crippen LogP) is 3.39. The quantitative estimate of drug-likeness (QED) is 0.412. The van der Waals surface area contributed by atoms with Gasteiger partial charge in [-0.2, -0.15) is 0 Å². The first-order valence-electron chi connectivity index (χ1n) is 9.02. The first-order chi connectivity index (χ1) is 14.1. The molecule has 0 radical (unpaired) electrons. The van der Waals surface area contributed by atoms with Gasteiger partial charge in [0, 0.05) is 18.6 Å². The van der Waals surface area contributed by atoms with Gasteiger partial charge in [0.25, 0.3) is 5.69 Å². The van der Waals surface area contributed by atoms with Crippen LogP contribution in [0.25, 0.3) is 0 Å². The molecule has 0 bridgehead atoms. The lowest BCUT2D eigenvalue weighted by Crippen LogP contribution is -2.45. The molecule has 2 rings (SSSR count). The number of nitrogens with one attached hydrogen (secondary N) is 1. The number of carbonyl (C=O) groups is 2. The molecule has 0 aliphatic carbocycles. The van der Waals surface area contributed by atoms with Gasteiger partial charge >= 0.3 is 12.1 Å². The fraction of sp³-hybridized carbons (Fsp3) is 0.350. The number of hydrogen-bond donors (Lipinski definition) is 1. The molecule has 0 aliphatic heterocycles. The highest BCUT2D eigenvalue weighted by molar-refractivity contribution is 5.81. The van der Waals surface area contributed by atoms with Crippen LogP contribution in [0.4, 0.5) is 10.5 Å². The predicted molar refractivity (Wildman–Crippen MR) is 106 cm³/mol. The molecule has 30 heavy (non-hydrogen) atoms. The fourth-order valence-corrected chi connectivity index (χ4v) is 2.38. The van der Waals surface area contributed by atoms with Crippen LogP contribution in [0.3, 0.4) is 0 Å². The first-order valence-corrected chi connectivity index (χ1v) is 9.02. The van der Waals surface area contributed by atoms with Gasteiger partial charge in [0.15, 0.2) is 0 Å². The third-order valence-electron chi connectivity index (χ3n) is 3.69. The van der Waals surface area contributed by atoms with Gasteiger partial charge in [-0.15, -0.1) is 0 Å². The van der Waals surface area contributed by atoms with Gasteiger partial charge in [-0.05, 0) is 38.5 Å². The second-order valence-electron chi connectivity index (χ2n) is 7.28. The first kappa shape index (κ1) is 22.6. The standard InChI is InChI=1S/C20H23N3O7/c1-20(2,3)30-19(25)22-16(18(24)28-4)11-13-5-8-15(9-6-13)29-17-10-7-14(12-21-17)23(26)27/h5-10,12,16H,11H2,1-4H3,(H,22,25). The van der Waals surface area contributed by atoms with E-state index in [1.807, 2.05) is 0 Å². The molecule has 1 heterocycles. The van der Waals surface area contributed by atoms with Gasteiger partial charge in [-0.25, -0.2) is 14.6 Å². The Morgan fingerprint density at radius 3 is 2.33 bits per heavy atom. The molecule has 1 N–H and O–H groups in total. The summed E-state index contributed by atoms with van der Waals surface area (Å²) in [7, 11) is 1.24. The van der Waals surface area contributed by atoms with Crippen molar-refractivity contribution in [2.75, 3.05) is 7.11 Å². The van der Waals surface area contributed by atoms with Crippen LogP contribution >= 0.6 is 0 Å². The number of ether oxygens (including phenoxy) is 3. The number of hydrogen-bond acceptors (Lipinski definition) is 8. The number of pyridine rings is 1. The van der Waals surface area contributed by atoms with Crippen LogP contribution in [0.5, 0.6) is 11.6 Å². The average Bonchev–Trinajstić information content (AvgIpc) is 2.67. The number of carbonyl (C=O) groups excluding carboxylic acids is 2. The lowest BCUT2D eigenvalue weighted by atomic mass is 10.1. The summed E-state index contributed by atoms with van der Waals surface area (Å²) < 4.78 is 15.5. The Hall–Kier alpha value is -3.69. The summed E-state index contributed by atoms with van der Waals surface area (Å²) in [5.41, 5.74) is -0.0927. The second-order valence-corrected chi connectivity index (χ2v) is 7.28. The molecule has 10 nitrogen and oxygen atoms in total. The van der Waals surface area contributed by atoms with Crippen LogP contribution in [0.1, 0.15) is 26.3 Å². The van der Waals surface area contributed by atoms with Crippen LogP contribution in [0.2, 0.25) is 0 Å². The van der Waals surface area contributed by atoms with Crippen LogP contribution in [-0.2, 0) is 20.7 Å². The summed E-state index contributed by atoms with van der Waals surface area (Å²) in [4.78, 5) is 38.0. The molecule has 2 aromatic rings. The van der Waals surface area contributed by atoms with Crippen LogP contribution < -0.4 is 10.1 Å². The molecular weight excluding hydrogens is 394 g/mol. The number of methoxy groups -OCH3 is 1. The minimum absolute atomic E-state index is 0.135. The Bertz CT molecular complexity index is 890. The van der Waals surface area contributed by atoms with E-state index in [1.165, 1.54) is 19.2 Å². The van der Waals surface area contributed by atoms with E-state index in [1.54, 1.807) is 45.0 Å². The van der Waals surface area contributed by atoms with Gasteiger partial charge in [-0.3, -0.25) is 10.1 Å². The number of aromatic nitrogens is 1. The van der Waals surface area contributed by atoms with Crippen LogP contribution in [0.15, 0.2) is 42.6 Å². The topological polar surface area (TPSA) is 130 Å². The third kappa shape index (κ3) is 7.04. The maximum atomic E-state index is 12.0. The number of rotatable bonds is 7. The van der Waals surface area contributed by atoms with Crippen molar-refractivity contribution in [2.24, 2.45) is 0 Å². The minimum atomic E-state index is -0.923. The van der Waals surface area contributed by atoms with Gasteiger partial charge in [-0.1, -0.05) is 12.1 Å². The zero-order valence-corrected chi connectivity index (χ0v) is 17.1. The molecule has 0 spiro atoms. The van der Waals surface area contributed by atoms with E-state index in [-0.39, 0.29) is 18.0 Å². The Kier molecular flexibility index (Phi) is 7.29. The van der Waals surface area contributed by atoms with Crippen molar-refractivity contribution in [2.45, 2.75) is 38.8 Å². The minimum Gasteiger partial charge on any atom is -0.467 e. The molecule has 160 valence electrons. The van der Waals surface area contributed by atoms with Gasteiger partial charge in [0.05, 0.1) is 12.0 Å². The molecule has 0 saturated carbocycles. The summed E-state index contributed by atoms with van der Waals surface area (Å²) in [6.07, 6.45) is 0.566. The van der Waals surface area contributed by atoms with Crippen molar-refractivity contribution in [3.05, 3.63) is 58.3 Å². The van der Waals surface area contributed by atoms with E-state index in [0.717, 1.165) is 11.8 Å². The van der Waals surface area contributed by atoms with Crippen LogP contribution in [-0.4, -0.2) is 40.7 Å².